The molecule has 0 amide bonds. The van der Waals surface area contributed by atoms with E-state index in [0.717, 1.165) is 0 Å². The zero-order valence-corrected chi connectivity index (χ0v) is 22.9. The van der Waals surface area contributed by atoms with Gasteiger partial charge in [0.1, 0.15) is 29.4 Å². The maximum Gasteiger partial charge on any atom is 0.482 e. The molecule has 224 valence electrons. The second kappa shape index (κ2) is 10.5. The third-order valence-electron chi connectivity index (χ3n) is 8.03. The van der Waals surface area contributed by atoms with E-state index in [1.165, 1.54) is 41.7 Å². The molecule has 0 spiro atoms. The molecule has 2 aliphatic rings. The number of benzene rings is 4. The number of rotatable bonds is 3. The SMILES string of the molecule is N#CC(C#N)=C1c2cc(NC(F)(F)F)ccc2-c2cc3c(cc21)C(C(C#N)C#N)c1cc(-c2ccc(F)c(C(F)(F)F)c2)ccc1-3. The first-order valence-electron chi connectivity index (χ1n) is 13.3. The standard InChI is InChI=1S/C34H14F7N5/c35-30-6-2-17(8-29(30)33(36,37)38)16-1-4-21-23-10-24-22-5-3-20(46-34(39,40)41)9-26(22)32(19(14-44)15-45)28(24)11-27(23)31(25(21)7-16)18(12-42)13-43/h1-11,18,31,46H. The maximum absolute atomic E-state index is 14.0. The molecular weight excluding hydrogens is 611 g/mol. The first kappa shape index (κ1) is 29.9. The summed E-state index contributed by atoms with van der Waals surface area (Å²) in [6, 6.07) is 21.8. The Balaban J connectivity index is 1.58. The quantitative estimate of drug-likeness (QED) is 0.122. The van der Waals surface area contributed by atoms with E-state index in [9.17, 15) is 51.8 Å². The zero-order chi connectivity index (χ0) is 33.1. The fourth-order valence-electron chi connectivity index (χ4n) is 6.19. The number of nitrogens with one attached hydrogen (secondary N) is 1. The lowest BCUT2D eigenvalue weighted by Gasteiger charge is -2.16. The molecule has 0 aromatic heterocycles. The van der Waals surface area contributed by atoms with Crippen molar-refractivity contribution in [2.75, 3.05) is 5.32 Å². The van der Waals surface area contributed by atoms with Crippen LogP contribution in [0.4, 0.5) is 36.4 Å². The lowest BCUT2D eigenvalue weighted by Crippen LogP contribution is -2.20. The van der Waals surface area contributed by atoms with Crippen molar-refractivity contribution in [1.29, 1.82) is 21.0 Å². The van der Waals surface area contributed by atoms with Gasteiger partial charge in [0.15, 0.2) is 0 Å². The predicted molar refractivity (Wildman–Crippen MR) is 151 cm³/mol. The molecule has 1 atom stereocenters. The molecule has 0 saturated carbocycles. The van der Waals surface area contributed by atoms with Gasteiger partial charge in [-0.05, 0) is 98.1 Å². The van der Waals surface area contributed by atoms with Crippen LogP contribution in [-0.2, 0) is 6.18 Å². The Bertz CT molecular complexity index is 2150. The summed E-state index contributed by atoms with van der Waals surface area (Å²) in [5.41, 5.74) is 1.71. The van der Waals surface area contributed by atoms with Crippen molar-refractivity contribution in [3.8, 4) is 57.7 Å². The third kappa shape index (κ3) is 4.78. The van der Waals surface area contributed by atoms with Crippen molar-refractivity contribution in [3.05, 3.63) is 106 Å². The fourth-order valence-corrected chi connectivity index (χ4v) is 6.19. The Hall–Kier alpha value is -6.11. The molecule has 4 aromatic rings. The van der Waals surface area contributed by atoms with E-state index in [2.05, 4.69) is 0 Å². The summed E-state index contributed by atoms with van der Waals surface area (Å²) < 4.78 is 93.7. The summed E-state index contributed by atoms with van der Waals surface area (Å²) in [6.45, 7) is 0. The highest BCUT2D eigenvalue weighted by Gasteiger charge is 2.39. The lowest BCUT2D eigenvalue weighted by atomic mass is 9.83. The molecule has 0 aliphatic heterocycles. The maximum atomic E-state index is 14.0. The van der Waals surface area contributed by atoms with Crippen molar-refractivity contribution in [2.24, 2.45) is 5.92 Å². The zero-order valence-electron chi connectivity index (χ0n) is 22.9. The first-order valence-corrected chi connectivity index (χ1v) is 13.3. The molecule has 0 bridgehead atoms. The minimum atomic E-state index is -4.94. The highest BCUT2D eigenvalue weighted by molar-refractivity contribution is 6.06. The number of anilines is 1. The number of nitrogens with zero attached hydrogens (tertiary/aromatic N) is 4. The van der Waals surface area contributed by atoms with Gasteiger partial charge < -0.3 is 0 Å². The van der Waals surface area contributed by atoms with E-state index in [-0.39, 0.29) is 33.5 Å². The molecule has 1 N–H and O–H groups in total. The first-order chi connectivity index (χ1) is 21.8. The number of fused-ring (bicyclic) bond motifs is 6. The molecule has 46 heavy (non-hydrogen) atoms. The lowest BCUT2D eigenvalue weighted by molar-refractivity contribution is -0.139. The van der Waals surface area contributed by atoms with Crippen molar-refractivity contribution >= 4 is 11.3 Å². The molecule has 0 radical (unpaired) electrons. The van der Waals surface area contributed by atoms with Gasteiger partial charge in [0, 0.05) is 17.2 Å². The Kier molecular flexibility index (Phi) is 6.84. The average Bonchev–Trinajstić information content (AvgIpc) is 3.48. The van der Waals surface area contributed by atoms with Crippen LogP contribution in [0.5, 0.6) is 0 Å². The van der Waals surface area contributed by atoms with Gasteiger partial charge in [-0.1, -0.05) is 24.3 Å². The molecule has 0 saturated heterocycles. The number of halogens is 7. The highest BCUT2D eigenvalue weighted by Crippen LogP contribution is 2.55. The summed E-state index contributed by atoms with van der Waals surface area (Å²) in [6.07, 6.45) is -9.70. The van der Waals surface area contributed by atoms with Crippen LogP contribution in [0.2, 0.25) is 0 Å². The number of hydrogen-bond donors (Lipinski definition) is 1. The normalized spacial score (nSPS) is 14.3. The third-order valence-corrected chi connectivity index (χ3v) is 8.03. The molecule has 4 aromatic carbocycles. The highest BCUT2D eigenvalue weighted by atomic mass is 19.4. The van der Waals surface area contributed by atoms with Gasteiger partial charge in [0.05, 0.1) is 17.7 Å². The number of hydrogen-bond acceptors (Lipinski definition) is 5. The van der Waals surface area contributed by atoms with Gasteiger partial charge in [-0.25, -0.2) is 4.39 Å². The number of nitriles is 4. The molecular formula is C34H14F7N5. The monoisotopic (exact) mass is 625 g/mol. The van der Waals surface area contributed by atoms with Gasteiger partial charge in [0.2, 0.25) is 0 Å². The second-order valence-corrected chi connectivity index (χ2v) is 10.5. The average molecular weight is 626 g/mol. The smallest absolute Gasteiger partial charge is 0.297 e. The molecule has 0 heterocycles. The molecule has 5 nitrogen and oxygen atoms in total. The summed E-state index contributed by atoms with van der Waals surface area (Å²) in [5.74, 6) is -3.64. The Morgan fingerprint density at radius 3 is 1.89 bits per heavy atom. The second-order valence-electron chi connectivity index (χ2n) is 10.5. The Morgan fingerprint density at radius 2 is 1.26 bits per heavy atom. The summed E-state index contributed by atoms with van der Waals surface area (Å²) in [7, 11) is 0. The van der Waals surface area contributed by atoms with E-state index in [0.29, 0.717) is 51.1 Å². The number of allylic oxidation sites excluding steroid dienone is 1. The minimum absolute atomic E-state index is 0.0503. The van der Waals surface area contributed by atoms with E-state index in [4.69, 9.17) is 0 Å². The fraction of sp³-hybridized carbons (Fsp3) is 0.118. The van der Waals surface area contributed by atoms with E-state index >= 15 is 0 Å². The van der Waals surface area contributed by atoms with Crippen molar-refractivity contribution < 1.29 is 30.7 Å². The van der Waals surface area contributed by atoms with Crippen LogP contribution in [-0.4, -0.2) is 6.30 Å². The predicted octanol–water partition coefficient (Wildman–Crippen LogP) is 9.05. The summed E-state index contributed by atoms with van der Waals surface area (Å²) in [4.78, 5) is 0. The van der Waals surface area contributed by atoms with Crippen LogP contribution in [0.1, 0.15) is 33.7 Å². The van der Waals surface area contributed by atoms with Crippen molar-refractivity contribution in [1.82, 2.24) is 0 Å². The summed E-state index contributed by atoms with van der Waals surface area (Å²) >= 11 is 0. The minimum Gasteiger partial charge on any atom is -0.297 e. The van der Waals surface area contributed by atoms with Crippen LogP contribution in [0, 0.1) is 57.1 Å². The summed E-state index contributed by atoms with van der Waals surface area (Å²) in [5, 5.41) is 40.8. The van der Waals surface area contributed by atoms with Crippen LogP contribution in [0.3, 0.4) is 0 Å². The molecule has 0 fully saturated rings. The molecule has 12 heteroatoms. The number of alkyl halides is 6. The molecule has 2 aliphatic carbocycles. The van der Waals surface area contributed by atoms with Crippen molar-refractivity contribution in [2.45, 2.75) is 18.4 Å². The van der Waals surface area contributed by atoms with Crippen LogP contribution >= 0.6 is 0 Å². The molecule has 1 unspecified atom stereocenters. The topological polar surface area (TPSA) is 107 Å². The van der Waals surface area contributed by atoms with Gasteiger partial charge in [-0.2, -0.15) is 47.4 Å². The van der Waals surface area contributed by atoms with Crippen molar-refractivity contribution in [3.63, 3.8) is 0 Å². The Morgan fingerprint density at radius 1 is 0.652 bits per heavy atom. The Labute approximate surface area is 256 Å². The van der Waals surface area contributed by atoms with Crippen LogP contribution in [0.15, 0.2) is 72.3 Å². The van der Waals surface area contributed by atoms with E-state index < -0.39 is 35.7 Å². The van der Waals surface area contributed by atoms with Gasteiger partial charge in [-0.15, -0.1) is 0 Å². The van der Waals surface area contributed by atoms with Gasteiger partial charge in [-0.3, -0.25) is 5.32 Å². The van der Waals surface area contributed by atoms with Crippen LogP contribution < -0.4 is 5.32 Å². The van der Waals surface area contributed by atoms with E-state index in [1.807, 2.05) is 12.1 Å². The van der Waals surface area contributed by atoms with Gasteiger partial charge in [0.25, 0.3) is 0 Å². The van der Waals surface area contributed by atoms with E-state index in [1.54, 1.807) is 30.3 Å². The largest absolute Gasteiger partial charge is 0.482 e. The van der Waals surface area contributed by atoms with Crippen LogP contribution in [0.25, 0.3) is 39.0 Å². The molecule has 6 rings (SSSR count). The van der Waals surface area contributed by atoms with Gasteiger partial charge >= 0.3 is 12.5 Å².